The molecule has 1 rings (SSSR count). The number of rotatable bonds is 1. The quantitative estimate of drug-likeness (QED) is 0.622. The normalized spacial score (nSPS) is 27.5. The van der Waals surface area contributed by atoms with Gasteiger partial charge in [-0.1, -0.05) is 18.2 Å². The number of aliphatic imine (C=N–C) groups is 1. The molecule has 0 aromatic carbocycles. The smallest absolute Gasteiger partial charge is 0.0573 e. The van der Waals surface area contributed by atoms with Crippen LogP contribution in [0.4, 0.5) is 0 Å². The maximum absolute atomic E-state index is 5.59. The van der Waals surface area contributed by atoms with Gasteiger partial charge < -0.3 is 5.73 Å². The SMILES string of the molecule is C/C=C1\C=C/CN=C/C=C\1CN. The van der Waals surface area contributed by atoms with Crippen LogP contribution in [0.2, 0.25) is 0 Å². The highest BCUT2D eigenvalue weighted by Crippen LogP contribution is 2.10. The lowest BCUT2D eigenvalue weighted by Gasteiger charge is -2.05. The zero-order valence-corrected chi connectivity index (χ0v) is 7.33. The molecule has 0 bridgehead atoms. The molecule has 1 aliphatic heterocycles. The summed E-state index contributed by atoms with van der Waals surface area (Å²) in [5, 5.41) is 0. The lowest BCUT2D eigenvalue weighted by atomic mass is 10.0. The van der Waals surface area contributed by atoms with Gasteiger partial charge in [-0.3, -0.25) is 4.99 Å². The fourth-order valence-corrected chi connectivity index (χ4v) is 1.11. The van der Waals surface area contributed by atoms with Gasteiger partial charge in [-0.25, -0.2) is 0 Å². The van der Waals surface area contributed by atoms with Crippen LogP contribution < -0.4 is 5.73 Å². The molecule has 0 saturated heterocycles. The molecule has 0 aliphatic carbocycles. The van der Waals surface area contributed by atoms with E-state index in [1.54, 1.807) is 0 Å². The third kappa shape index (κ3) is 2.17. The number of hydrogen-bond acceptors (Lipinski definition) is 2. The average Bonchev–Trinajstić information content (AvgIpc) is 2.05. The Morgan fingerprint density at radius 1 is 1.67 bits per heavy atom. The molecule has 12 heavy (non-hydrogen) atoms. The maximum atomic E-state index is 5.59. The number of hydrogen-bond donors (Lipinski definition) is 1. The molecule has 0 atom stereocenters. The fourth-order valence-electron chi connectivity index (χ4n) is 1.11. The summed E-state index contributed by atoms with van der Waals surface area (Å²) in [7, 11) is 0. The van der Waals surface area contributed by atoms with Crippen molar-refractivity contribution in [2.75, 3.05) is 13.1 Å². The minimum absolute atomic E-state index is 0.566. The molecule has 0 aromatic rings. The van der Waals surface area contributed by atoms with Gasteiger partial charge in [0.1, 0.15) is 0 Å². The second-order valence-electron chi connectivity index (χ2n) is 2.56. The minimum atomic E-state index is 0.566. The Bertz CT molecular complexity index is 257. The number of nitrogens with two attached hydrogens (primary N) is 1. The standard InChI is InChI=1S/C10H14N2/c1-2-9-4-3-6-12-7-5-10(9)8-11/h2-5,7H,6,8,11H2,1H3/b4-3-,9-2+,10-5-,12-7?. The molecule has 0 aromatic heterocycles. The molecule has 0 amide bonds. The van der Waals surface area contributed by atoms with Crippen LogP contribution in [0, 0.1) is 0 Å². The van der Waals surface area contributed by atoms with E-state index in [0.29, 0.717) is 6.54 Å². The molecule has 0 fully saturated rings. The zero-order valence-electron chi connectivity index (χ0n) is 7.33. The molecule has 1 heterocycles. The summed E-state index contributed by atoms with van der Waals surface area (Å²) in [6, 6.07) is 0. The van der Waals surface area contributed by atoms with Crippen LogP contribution in [0.3, 0.4) is 0 Å². The van der Waals surface area contributed by atoms with Gasteiger partial charge in [0.15, 0.2) is 0 Å². The van der Waals surface area contributed by atoms with Gasteiger partial charge in [0.25, 0.3) is 0 Å². The predicted octanol–water partition coefficient (Wildman–Crippen LogP) is 1.46. The van der Waals surface area contributed by atoms with Crippen LogP contribution >= 0.6 is 0 Å². The second kappa shape index (κ2) is 4.67. The van der Waals surface area contributed by atoms with Gasteiger partial charge in [0.2, 0.25) is 0 Å². The molecule has 2 heteroatoms. The Morgan fingerprint density at radius 2 is 2.50 bits per heavy atom. The summed E-state index contributed by atoms with van der Waals surface area (Å²) in [5.74, 6) is 0. The van der Waals surface area contributed by atoms with E-state index in [-0.39, 0.29) is 0 Å². The molecule has 0 spiro atoms. The van der Waals surface area contributed by atoms with E-state index in [9.17, 15) is 0 Å². The largest absolute Gasteiger partial charge is 0.326 e. The van der Waals surface area contributed by atoms with Crippen LogP contribution in [0.25, 0.3) is 0 Å². The van der Waals surface area contributed by atoms with E-state index >= 15 is 0 Å². The molecular weight excluding hydrogens is 148 g/mol. The highest BCUT2D eigenvalue weighted by atomic mass is 14.7. The van der Waals surface area contributed by atoms with Crippen LogP contribution in [-0.4, -0.2) is 19.3 Å². The Hall–Kier alpha value is -1.15. The average molecular weight is 162 g/mol. The van der Waals surface area contributed by atoms with Gasteiger partial charge in [0, 0.05) is 12.8 Å². The molecule has 0 unspecified atom stereocenters. The van der Waals surface area contributed by atoms with E-state index in [2.05, 4.69) is 17.1 Å². The Labute approximate surface area is 73.2 Å². The van der Waals surface area contributed by atoms with Gasteiger partial charge in [0.05, 0.1) is 6.54 Å². The van der Waals surface area contributed by atoms with Gasteiger partial charge >= 0.3 is 0 Å². The third-order valence-corrected chi connectivity index (χ3v) is 1.79. The highest BCUT2D eigenvalue weighted by molar-refractivity contribution is 5.74. The lowest BCUT2D eigenvalue weighted by Crippen LogP contribution is -2.05. The monoisotopic (exact) mass is 162 g/mol. The fraction of sp³-hybridized carbons (Fsp3) is 0.300. The van der Waals surface area contributed by atoms with Gasteiger partial charge in [-0.05, 0) is 24.1 Å². The summed E-state index contributed by atoms with van der Waals surface area (Å²) >= 11 is 0. The molecule has 64 valence electrons. The minimum Gasteiger partial charge on any atom is -0.326 e. The van der Waals surface area contributed by atoms with Gasteiger partial charge in [-0.2, -0.15) is 0 Å². The molecule has 0 saturated carbocycles. The van der Waals surface area contributed by atoms with E-state index in [1.807, 2.05) is 25.3 Å². The van der Waals surface area contributed by atoms with E-state index in [4.69, 9.17) is 5.73 Å². The Kier molecular flexibility index (Phi) is 3.48. The topological polar surface area (TPSA) is 38.4 Å². The maximum Gasteiger partial charge on any atom is 0.0573 e. The van der Waals surface area contributed by atoms with Gasteiger partial charge in [-0.15, -0.1) is 0 Å². The Morgan fingerprint density at radius 3 is 3.17 bits per heavy atom. The molecule has 1 aliphatic rings. The first-order valence-corrected chi connectivity index (χ1v) is 4.10. The summed E-state index contributed by atoms with van der Waals surface area (Å²) in [6.07, 6.45) is 9.95. The molecule has 0 radical (unpaired) electrons. The van der Waals surface area contributed by atoms with Crippen molar-refractivity contribution in [2.45, 2.75) is 6.92 Å². The van der Waals surface area contributed by atoms with Crippen molar-refractivity contribution in [3.8, 4) is 0 Å². The van der Waals surface area contributed by atoms with Crippen LogP contribution in [-0.2, 0) is 0 Å². The van der Waals surface area contributed by atoms with Crippen molar-refractivity contribution in [2.24, 2.45) is 10.7 Å². The molecular formula is C10H14N2. The van der Waals surface area contributed by atoms with E-state index in [0.717, 1.165) is 12.1 Å². The lowest BCUT2D eigenvalue weighted by molar-refractivity contribution is 1.15. The predicted molar refractivity (Wildman–Crippen MR) is 53.4 cm³/mol. The van der Waals surface area contributed by atoms with Crippen molar-refractivity contribution in [3.05, 3.63) is 35.5 Å². The molecule has 2 N–H and O–H groups in total. The summed E-state index contributed by atoms with van der Waals surface area (Å²) in [6.45, 7) is 3.34. The van der Waals surface area contributed by atoms with Crippen molar-refractivity contribution in [1.82, 2.24) is 0 Å². The highest BCUT2D eigenvalue weighted by Gasteiger charge is 1.98. The number of nitrogens with zero attached hydrogens (tertiary/aromatic N) is 1. The Balaban J connectivity index is 2.95. The van der Waals surface area contributed by atoms with Crippen molar-refractivity contribution in [3.63, 3.8) is 0 Å². The summed E-state index contributed by atoms with van der Waals surface area (Å²) in [4.78, 5) is 4.13. The second-order valence-corrected chi connectivity index (χ2v) is 2.56. The van der Waals surface area contributed by atoms with Crippen LogP contribution in [0.1, 0.15) is 6.92 Å². The van der Waals surface area contributed by atoms with Crippen molar-refractivity contribution < 1.29 is 0 Å². The summed E-state index contributed by atoms with van der Waals surface area (Å²) < 4.78 is 0. The number of allylic oxidation sites excluding steroid dienone is 3. The third-order valence-electron chi connectivity index (χ3n) is 1.79. The van der Waals surface area contributed by atoms with E-state index < -0.39 is 0 Å². The van der Waals surface area contributed by atoms with Crippen molar-refractivity contribution in [1.29, 1.82) is 0 Å². The first-order chi connectivity index (χ1) is 5.88. The first kappa shape index (κ1) is 8.94. The van der Waals surface area contributed by atoms with Crippen molar-refractivity contribution >= 4 is 6.21 Å². The van der Waals surface area contributed by atoms with Crippen LogP contribution in [0.5, 0.6) is 0 Å². The van der Waals surface area contributed by atoms with Crippen LogP contribution in [0.15, 0.2) is 40.4 Å². The zero-order chi connectivity index (χ0) is 8.81. The molecule has 2 nitrogen and oxygen atoms in total. The first-order valence-electron chi connectivity index (χ1n) is 4.10. The van der Waals surface area contributed by atoms with E-state index in [1.165, 1.54) is 5.57 Å². The summed E-state index contributed by atoms with van der Waals surface area (Å²) in [5.41, 5.74) is 7.92.